The molecule has 0 saturated carbocycles. The van der Waals surface area contributed by atoms with E-state index in [0.29, 0.717) is 19.3 Å². The first-order chi connectivity index (χ1) is 28.5. The van der Waals surface area contributed by atoms with E-state index < -0.39 is 6.10 Å². The van der Waals surface area contributed by atoms with Gasteiger partial charge in [0.05, 0.1) is 0 Å². The van der Waals surface area contributed by atoms with Crippen molar-refractivity contribution in [2.24, 2.45) is 0 Å². The molecule has 0 bridgehead atoms. The third-order valence-electron chi connectivity index (χ3n) is 10.9. The van der Waals surface area contributed by atoms with Crippen LogP contribution in [-0.2, 0) is 28.6 Å². The van der Waals surface area contributed by atoms with Crippen LogP contribution in [-0.4, -0.2) is 37.2 Å². The van der Waals surface area contributed by atoms with Gasteiger partial charge in [0.15, 0.2) is 6.10 Å². The highest BCUT2D eigenvalue weighted by molar-refractivity contribution is 5.71. The van der Waals surface area contributed by atoms with Crippen LogP contribution in [0.1, 0.15) is 258 Å². The SMILES string of the molecule is CCCCCCCC/C=C\C/C=C\CCC(=O)OC(COC(=O)CCCCCCC/C=C\CCCCCCCCCCC)COC(=O)CCCCCCCCCCC. The Morgan fingerprint density at radius 2 is 0.655 bits per heavy atom. The number of carbonyl (C=O) groups excluding carboxylic acids is 3. The first kappa shape index (κ1) is 55.6. The van der Waals surface area contributed by atoms with E-state index in [4.69, 9.17) is 14.2 Å². The van der Waals surface area contributed by atoms with Crippen LogP contribution >= 0.6 is 0 Å². The minimum Gasteiger partial charge on any atom is -0.462 e. The van der Waals surface area contributed by atoms with Crippen molar-refractivity contribution in [3.63, 3.8) is 0 Å². The van der Waals surface area contributed by atoms with Gasteiger partial charge in [0, 0.05) is 19.3 Å². The molecule has 0 aliphatic carbocycles. The molecule has 0 aromatic heterocycles. The van der Waals surface area contributed by atoms with Gasteiger partial charge >= 0.3 is 17.9 Å². The van der Waals surface area contributed by atoms with E-state index in [2.05, 4.69) is 51.2 Å². The van der Waals surface area contributed by atoms with Gasteiger partial charge in [0.25, 0.3) is 0 Å². The van der Waals surface area contributed by atoms with Crippen LogP contribution in [0.15, 0.2) is 36.5 Å². The maximum absolute atomic E-state index is 12.7. The average molecular weight is 815 g/mol. The lowest BCUT2D eigenvalue weighted by molar-refractivity contribution is -0.166. The van der Waals surface area contributed by atoms with Gasteiger partial charge < -0.3 is 14.2 Å². The van der Waals surface area contributed by atoms with Crippen LogP contribution in [0.4, 0.5) is 0 Å². The summed E-state index contributed by atoms with van der Waals surface area (Å²) in [5, 5.41) is 0. The Bertz CT molecular complexity index is 984. The molecule has 338 valence electrons. The molecule has 0 saturated heterocycles. The van der Waals surface area contributed by atoms with Gasteiger partial charge in [-0.1, -0.05) is 211 Å². The molecule has 0 heterocycles. The molecule has 6 nitrogen and oxygen atoms in total. The summed E-state index contributed by atoms with van der Waals surface area (Å²) in [6.45, 7) is 6.56. The Labute approximate surface area is 359 Å². The van der Waals surface area contributed by atoms with Crippen molar-refractivity contribution >= 4 is 17.9 Å². The largest absolute Gasteiger partial charge is 0.462 e. The molecule has 0 N–H and O–H groups in total. The van der Waals surface area contributed by atoms with Crippen molar-refractivity contribution in [1.29, 1.82) is 0 Å². The smallest absolute Gasteiger partial charge is 0.306 e. The van der Waals surface area contributed by atoms with E-state index in [1.165, 1.54) is 154 Å². The number of allylic oxidation sites excluding steroid dienone is 6. The average Bonchev–Trinajstić information content (AvgIpc) is 3.22. The number of esters is 3. The quantitative estimate of drug-likeness (QED) is 0.0264. The van der Waals surface area contributed by atoms with Crippen LogP contribution < -0.4 is 0 Å². The Balaban J connectivity index is 4.36. The van der Waals surface area contributed by atoms with E-state index in [-0.39, 0.29) is 37.5 Å². The highest BCUT2D eigenvalue weighted by Crippen LogP contribution is 2.14. The Morgan fingerprint density at radius 1 is 0.345 bits per heavy atom. The lowest BCUT2D eigenvalue weighted by atomic mass is 10.1. The molecule has 58 heavy (non-hydrogen) atoms. The lowest BCUT2D eigenvalue weighted by Gasteiger charge is -2.18. The molecule has 0 rings (SSSR count). The summed E-state index contributed by atoms with van der Waals surface area (Å²) in [7, 11) is 0. The summed E-state index contributed by atoms with van der Waals surface area (Å²) in [4.78, 5) is 37.7. The standard InChI is InChI=1S/C52H94O6/c1-4-7-10-13-16-19-21-23-24-25-26-27-29-30-33-36-39-42-45-51(54)57-48-49(47-56-50(53)44-41-38-35-32-18-15-12-9-6-3)58-52(55)46-43-40-37-34-31-28-22-20-17-14-11-8-5-2/h26-28,31,37,40,49H,4-25,29-30,32-36,38-39,41-48H2,1-3H3/b27-26-,31-28-,40-37-. The molecule has 0 aromatic carbocycles. The minimum atomic E-state index is -0.800. The van der Waals surface area contributed by atoms with E-state index in [0.717, 1.165) is 57.8 Å². The zero-order valence-corrected chi connectivity index (χ0v) is 38.6. The van der Waals surface area contributed by atoms with Crippen molar-refractivity contribution < 1.29 is 28.6 Å². The fraction of sp³-hybridized carbons (Fsp3) is 0.827. The Morgan fingerprint density at radius 3 is 1.03 bits per heavy atom. The van der Waals surface area contributed by atoms with Gasteiger partial charge in [-0.2, -0.15) is 0 Å². The van der Waals surface area contributed by atoms with Gasteiger partial charge in [0.2, 0.25) is 0 Å². The first-order valence-corrected chi connectivity index (χ1v) is 25.0. The van der Waals surface area contributed by atoms with E-state index in [1.807, 2.05) is 6.08 Å². The van der Waals surface area contributed by atoms with Gasteiger partial charge in [0.1, 0.15) is 13.2 Å². The van der Waals surface area contributed by atoms with Gasteiger partial charge in [-0.25, -0.2) is 0 Å². The van der Waals surface area contributed by atoms with Crippen molar-refractivity contribution in [2.75, 3.05) is 13.2 Å². The highest BCUT2D eigenvalue weighted by Gasteiger charge is 2.19. The molecular formula is C52H94O6. The second-order valence-electron chi connectivity index (χ2n) is 16.7. The summed E-state index contributed by atoms with van der Waals surface area (Å²) >= 11 is 0. The predicted molar refractivity (Wildman–Crippen MR) is 247 cm³/mol. The summed E-state index contributed by atoms with van der Waals surface area (Å²) < 4.78 is 16.7. The fourth-order valence-electron chi connectivity index (χ4n) is 7.08. The molecule has 0 radical (unpaired) electrons. The van der Waals surface area contributed by atoms with Gasteiger partial charge in [-0.05, 0) is 64.2 Å². The summed E-state index contributed by atoms with van der Waals surface area (Å²) in [6, 6.07) is 0. The number of ether oxygens (including phenoxy) is 3. The maximum Gasteiger partial charge on any atom is 0.306 e. The van der Waals surface area contributed by atoms with Crippen molar-refractivity contribution in [1.82, 2.24) is 0 Å². The topological polar surface area (TPSA) is 78.9 Å². The normalized spacial score (nSPS) is 12.3. The Kier molecular flexibility index (Phi) is 45.4. The zero-order chi connectivity index (χ0) is 42.3. The molecule has 0 aliphatic heterocycles. The molecule has 0 fully saturated rings. The van der Waals surface area contributed by atoms with Gasteiger partial charge in [-0.3, -0.25) is 14.4 Å². The van der Waals surface area contributed by atoms with Crippen LogP contribution in [0.3, 0.4) is 0 Å². The third kappa shape index (κ3) is 44.7. The number of hydrogen-bond acceptors (Lipinski definition) is 6. The van der Waals surface area contributed by atoms with E-state index >= 15 is 0 Å². The van der Waals surface area contributed by atoms with E-state index in [1.54, 1.807) is 0 Å². The molecular weight excluding hydrogens is 721 g/mol. The van der Waals surface area contributed by atoms with Gasteiger partial charge in [-0.15, -0.1) is 0 Å². The summed E-state index contributed by atoms with van der Waals surface area (Å²) in [6.07, 6.45) is 54.3. The fourth-order valence-corrected chi connectivity index (χ4v) is 7.08. The molecule has 1 unspecified atom stereocenters. The van der Waals surface area contributed by atoms with E-state index in [9.17, 15) is 14.4 Å². The van der Waals surface area contributed by atoms with Crippen molar-refractivity contribution in [2.45, 2.75) is 264 Å². The third-order valence-corrected chi connectivity index (χ3v) is 10.9. The molecule has 0 amide bonds. The predicted octanol–water partition coefficient (Wildman–Crippen LogP) is 16.1. The molecule has 0 aromatic rings. The Hall–Kier alpha value is -2.37. The van der Waals surface area contributed by atoms with Crippen LogP contribution in [0.5, 0.6) is 0 Å². The molecule has 1 atom stereocenters. The first-order valence-electron chi connectivity index (χ1n) is 25.0. The number of hydrogen-bond donors (Lipinski definition) is 0. The number of carbonyl (C=O) groups is 3. The van der Waals surface area contributed by atoms with Crippen LogP contribution in [0.25, 0.3) is 0 Å². The van der Waals surface area contributed by atoms with Crippen molar-refractivity contribution in [3.8, 4) is 0 Å². The number of rotatable bonds is 45. The highest BCUT2D eigenvalue weighted by atomic mass is 16.6. The minimum absolute atomic E-state index is 0.0951. The second kappa shape index (κ2) is 47.3. The maximum atomic E-state index is 12.7. The zero-order valence-electron chi connectivity index (χ0n) is 38.6. The monoisotopic (exact) mass is 815 g/mol. The second-order valence-corrected chi connectivity index (χ2v) is 16.7. The lowest BCUT2D eigenvalue weighted by Crippen LogP contribution is -2.30. The molecule has 0 aliphatic rings. The van der Waals surface area contributed by atoms with Crippen molar-refractivity contribution in [3.05, 3.63) is 36.5 Å². The molecule has 0 spiro atoms. The number of unbranched alkanes of at least 4 members (excludes halogenated alkanes) is 28. The summed E-state index contributed by atoms with van der Waals surface area (Å²) in [5.41, 5.74) is 0. The molecule has 6 heteroatoms. The summed E-state index contributed by atoms with van der Waals surface area (Å²) in [5.74, 6) is -0.969. The van der Waals surface area contributed by atoms with Crippen LogP contribution in [0, 0.1) is 0 Å². The van der Waals surface area contributed by atoms with Crippen LogP contribution in [0.2, 0.25) is 0 Å².